The van der Waals surface area contributed by atoms with Gasteiger partial charge in [0.15, 0.2) is 11.5 Å². The van der Waals surface area contributed by atoms with E-state index in [1.807, 2.05) is 12.1 Å². The highest BCUT2D eigenvalue weighted by Gasteiger charge is 2.26. The van der Waals surface area contributed by atoms with Crippen molar-refractivity contribution >= 4 is 38.1 Å². The maximum absolute atomic E-state index is 13.3. The third-order valence-corrected chi connectivity index (χ3v) is 7.40. The number of carbonyl (C=O) groups excluding carboxylic acids is 1. The molecule has 0 radical (unpaired) electrons. The molecule has 1 N–H and O–H groups in total. The van der Waals surface area contributed by atoms with E-state index >= 15 is 0 Å². The summed E-state index contributed by atoms with van der Waals surface area (Å²) in [5.41, 5.74) is 3.69. The van der Waals surface area contributed by atoms with Crippen molar-refractivity contribution in [3.8, 4) is 17.2 Å². The number of methoxy groups -OCH3 is 3. The molecular weight excluding hydrogens is 550 g/mol. The molecule has 3 aromatic carbocycles. The van der Waals surface area contributed by atoms with Gasteiger partial charge in [0.05, 0.1) is 39.0 Å². The first kappa shape index (κ1) is 27.2. The van der Waals surface area contributed by atoms with E-state index in [-0.39, 0.29) is 11.4 Å². The fourth-order valence-corrected chi connectivity index (χ4v) is 4.98. The van der Waals surface area contributed by atoms with Gasteiger partial charge in [-0.25, -0.2) is 13.8 Å². The number of nitrogens with one attached hydrogen (secondary N) is 1. The van der Waals surface area contributed by atoms with Crippen molar-refractivity contribution in [2.75, 3.05) is 27.9 Å². The highest BCUT2D eigenvalue weighted by Crippen LogP contribution is 2.37. The van der Waals surface area contributed by atoms with Gasteiger partial charge in [-0.1, -0.05) is 46.3 Å². The molecule has 9 nitrogen and oxygen atoms in total. The Labute approximate surface area is 218 Å². The first-order chi connectivity index (χ1) is 17.3. The summed E-state index contributed by atoms with van der Waals surface area (Å²) < 4.78 is 44.5. The predicted octanol–water partition coefficient (Wildman–Crippen LogP) is 3.82. The van der Waals surface area contributed by atoms with E-state index in [0.717, 1.165) is 14.3 Å². The summed E-state index contributed by atoms with van der Waals surface area (Å²) in [6, 6.07) is 18.5. The first-order valence-electron chi connectivity index (χ1n) is 10.7. The van der Waals surface area contributed by atoms with Gasteiger partial charge in [0.25, 0.3) is 5.91 Å². The highest BCUT2D eigenvalue weighted by molar-refractivity contribution is 9.10. The Morgan fingerprint density at radius 3 is 2.14 bits per heavy atom. The zero-order valence-corrected chi connectivity index (χ0v) is 22.4. The van der Waals surface area contributed by atoms with E-state index in [9.17, 15) is 13.2 Å². The number of amides is 1. The number of sulfonamides is 1. The van der Waals surface area contributed by atoms with Gasteiger partial charge in [-0.2, -0.15) is 9.41 Å². The normalized spacial score (nSPS) is 11.5. The van der Waals surface area contributed by atoms with Crippen LogP contribution in [0.25, 0.3) is 0 Å². The lowest BCUT2D eigenvalue weighted by molar-refractivity contribution is -0.121. The summed E-state index contributed by atoms with van der Waals surface area (Å²) in [4.78, 5) is 12.8. The van der Waals surface area contributed by atoms with Crippen molar-refractivity contribution in [3.05, 3.63) is 82.3 Å². The zero-order chi connectivity index (χ0) is 26.1. The number of hydrazone groups is 1. The van der Waals surface area contributed by atoms with E-state index in [2.05, 4.69) is 26.5 Å². The van der Waals surface area contributed by atoms with Crippen LogP contribution in [0, 0.1) is 0 Å². The molecule has 0 aliphatic heterocycles. The number of benzene rings is 3. The number of hydrogen-bond donors (Lipinski definition) is 1. The SMILES string of the molecule is COc1cc(/C=N\NC(=O)CN(Cc2ccc(Br)cc2)S(=O)(=O)c2ccccc2)cc(OC)c1OC. The summed E-state index contributed by atoms with van der Waals surface area (Å²) in [5, 5.41) is 3.97. The van der Waals surface area contributed by atoms with Crippen LogP contribution in [0.15, 0.2) is 81.2 Å². The van der Waals surface area contributed by atoms with Crippen LogP contribution in [-0.4, -0.2) is 52.7 Å². The number of nitrogens with zero attached hydrogens (tertiary/aromatic N) is 2. The maximum atomic E-state index is 13.3. The number of hydrogen-bond acceptors (Lipinski definition) is 7. The number of halogens is 1. The molecular formula is C25H26BrN3O6S. The lowest BCUT2D eigenvalue weighted by Gasteiger charge is -2.21. The average molecular weight is 576 g/mol. The van der Waals surface area contributed by atoms with E-state index in [1.165, 1.54) is 39.7 Å². The average Bonchev–Trinajstić information content (AvgIpc) is 2.89. The first-order valence-corrected chi connectivity index (χ1v) is 12.9. The standard InChI is InChI=1S/C25H26BrN3O6S/c1-33-22-13-19(14-23(34-2)25(22)35-3)15-27-28-24(30)17-29(16-18-9-11-20(26)12-10-18)36(31,32)21-7-5-4-6-8-21/h4-15H,16-17H2,1-3H3,(H,28,30)/b27-15-. The monoisotopic (exact) mass is 575 g/mol. The van der Waals surface area contributed by atoms with Crippen LogP contribution in [0.4, 0.5) is 0 Å². The molecule has 1 amide bonds. The third-order valence-electron chi connectivity index (χ3n) is 5.06. The quantitative estimate of drug-likeness (QED) is 0.275. The van der Waals surface area contributed by atoms with Gasteiger partial charge < -0.3 is 14.2 Å². The largest absolute Gasteiger partial charge is 0.493 e. The topological polar surface area (TPSA) is 107 Å². The van der Waals surface area contributed by atoms with Crippen molar-refractivity contribution in [2.24, 2.45) is 5.10 Å². The van der Waals surface area contributed by atoms with E-state index in [4.69, 9.17) is 14.2 Å². The molecule has 11 heteroatoms. The van der Waals surface area contributed by atoms with E-state index in [0.29, 0.717) is 22.8 Å². The molecule has 0 bridgehead atoms. The lowest BCUT2D eigenvalue weighted by Crippen LogP contribution is -2.39. The van der Waals surface area contributed by atoms with Gasteiger partial charge >= 0.3 is 0 Å². The number of rotatable bonds is 11. The molecule has 36 heavy (non-hydrogen) atoms. The summed E-state index contributed by atoms with van der Waals surface area (Å²) >= 11 is 3.37. The zero-order valence-electron chi connectivity index (χ0n) is 20.0. The molecule has 0 fully saturated rings. The van der Waals surface area contributed by atoms with Crippen LogP contribution in [0.2, 0.25) is 0 Å². The predicted molar refractivity (Wildman–Crippen MR) is 140 cm³/mol. The van der Waals surface area contributed by atoms with Crippen molar-refractivity contribution < 1.29 is 27.4 Å². The minimum Gasteiger partial charge on any atom is -0.493 e. The summed E-state index contributed by atoms with van der Waals surface area (Å²) in [6.07, 6.45) is 1.40. The second-order valence-corrected chi connectivity index (χ2v) is 10.3. The smallest absolute Gasteiger partial charge is 0.255 e. The molecule has 0 saturated heterocycles. The second-order valence-electron chi connectivity index (χ2n) is 7.46. The lowest BCUT2D eigenvalue weighted by atomic mass is 10.2. The molecule has 0 heterocycles. The van der Waals surface area contributed by atoms with Gasteiger partial charge in [-0.3, -0.25) is 4.79 Å². The summed E-state index contributed by atoms with van der Waals surface area (Å²) in [6.45, 7) is -0.422. The fourth-order valence-electron chi connectivity index (χ4n) is 3.31. The Bertz CT molecular complexity index is 1290. The van der Waals surface area contributed by atoms with Crippen LogP contribution in [-0.2, 0) is 21.4 Å². The Morgan fingerprint density at radius 1 is 0.972 bits per heavy atom. The van der Waals surface area contributed by atoms with Crippen LogP contribution < -0.4 is 19.6 Å². The van der Waals surface area contributed by atoms with Crippen LogP contribution in [0.1, 0.15) is 11.1 Å². The van der Waals surface area contributed by atoms with Crippen molar-refractivity contribution in [1.29, 1.82) is 0 Å². The number of ether oxygens (including phenoxy) is 3. The van der Waals surface area contributed by atoms with Crippen molar-refractivity contribution in [1.82, 2.24) is 9.73 Å². The Hall–Kier alpha value is -3.41. The minimum absolute atomic E-state index is 0.00845. The highest BCUT2D eigenvalue weighted by atomic mass is 79.9. The van der Waals surface area contributed by atoms with Crippen molar-refractivity contribution in [3.63, 3.8) is 0 Å². The van der Waals surface area contributed by atoms with Gasteiger partial charge in [0.2, 0.25) is 15.8 Å². The molecule has 0 spiro atoms. The van der Waals surface area contributed by atoms with E-state index in [1.54, 1.807) is 42.5 Å². The Morgan fingerprint density at radius 2 is 1.58 bits per heavy atom. The molecule has 190 valence electrons. The third kappa shape index (κ3) is 6.84. The molecule has 0 aromatic heterocycles. The van der Waals surface area contributed by atoms with Gasteiger partial charge in [-0.05, 0) is 42.0 Å². The molecule has 0 saturated carbocycles. The minimum atomic E-state index is -3.95. The van der Waals surface area contributed by atoms with Gasteiger partial charge in [0.1, 0.15) is 0 Å². The van der Waals surface area contributed by atoms with E-state index < -0.39 is 22.5 Å². The van der Waals surface area contributed by atoms with Crippen LogP contribution in [0.3, 0.4) is 0 Å². The van der Waals surface area contributed by atoms with Crippen molar-refractivity contribution in [2.45, 2.75) is 11.4 Å². The number of carbonyl (C=O) groups is 1. The summed E-state index contributed by atoms with van der Waals surface area (Å²) in [5.74, 6) is 0.685. The Kier molecular flexibility index (Phi) is 9.45. The van der Waals surface area contributed by atoms with Crippen LogP contribution in [0.5, 0.6) is 17.2 Å². The Balaban J connectivity index is 1.79. The molecule has 0 unspecified atom stereocenters. The second kappa shape index (κ2) is 12.5. The van der Waals surface area contributed by atoms with Crippen LogP contribution >= 0.6 is 15.9 Å². The molecule has 0 aliphatic rings. The fraction of sp³-hybridized carbons (Fsp3) is 0.200. The molecule has 0 aliphatic carbocycles. The molecule has 3 rings (SSSR count). The molecule has 0 atom stereocenters. The van der Waals surface area contributed by atoms with Gasteiger partial charge in [0, 0.05) is 16.6 Å². The van der Waals surface area contributed by atoms with Gasteiger partial charge in [-0.15, -0.1) is 0 Å². The molecule has 3 aromatic rings. The maximum Gasteiger partial charge on any atom is 0.255 e. The summed E-state index contributed by atoms with van der Waals surface area (Å²) in [7, 11) is 0.539.